The van der Waals surface area contributed by atoms with E-state index in [1.807, 2.05) is 6.08 Å². The van der Waals surface area contributed by atoms with Gasteiger partial charge in [0.1, 0.15) is 0 Å². The van der Waals surface area contributed by atoms with Gasteiger partial charge in [-0.05, 0) is 37.5 Å². The summed E-state index contributed by atoms with van der Waals surface area (Å²) in [6, 6.07) is 0. The zero-order valence-electron chi connectivity index (χ0n) is 11.1. The quantitative estimate of drug-likeness (QED) is 0.710. The van der Waals surface area contributed by atoms with E-state index in [0.29, 0.717) is 24.8 Å². The molecular weight excluding hydrogens is 240 g/mol. The number of allylic oxidation sites excluding steroid dienone is 3. The summed E-state index contributed by atoms with van der Waals surface area (Å²) in [5.41, 5.74) is 11.4. The van der Waals surface area contributed by atoms with Gasteiger partial charge in [0.25, 0.3) is 0 Å². The zero-order valence-corrected chi connectivity index (χ0v) is 11.1. The third-order valence-electron chi connectivity index (χ3n) is 4.69. The maximum atomic E-state index is 11.9. The normalized spacial score (nSPS) is 32.4. The number of carbonyl (C=O) groups excluding carboxylic acids is 2. The van der Waals surface area contributed by atoms with Gasteiger partial charge in [-0.15, -0.1) is 13.2 Å². The molecule has 0 spiro atoms. The highest BCUT2D eigenvalue weighted by molar-refractivity contribution is 6.04. The topological polar surface area (TPSA) is 86.2 Å². The van der Waals surface area contributed by atoms with E-state index in [9.17, 15) is 9.59 Å². The first-order valence-corrected chi connectivity index (χ1v) is 6.49. The number of fused-ring (bicyclic) bond motifs is 2. The summed E-state index contributed by atoms with van der Waals surface area (Å²) < 4.78 is 0. The minimum atomic E-state index is -0.868. The summed E-state index contributed by atoms with van der Waals surface area (Å²) in [7, 11) is 0. The fourth-order valence-corrected chi connectivity index (χ4v) is 3.99. The lowest BCUT2D eigenvalue weighted by atomic mass is 9.73. The first kappa shape index (κ1) is 13.6. The molecule has 2 unspecified atom stereocenters. The lowest BCUT2D eigenvalue weighted by Gasteiger charge is -2.30. The summed E-state index contributed by atoms with van der Waals surface area (Å²) in [6.07, 6.45) is 6.94. The number of carbonyl (C=O) groups is 2. The maximum Gasteiger partial charge on any atom is 0.245 e. The molecule has 1 fully saturated rings. The highest BCUT2D eigenvalue weighted by atomic mass is 16.2. The molecule has 4 nitrogen and oxygen atoms in total. The molecular formula is C15H20N2O2. The van der Waals surface area contributed by atoms with Gasteiger partial charge in [0.15, 0.2) is 0 Å². The molecule has 19 heavy (non-hydrogen) atoms. The molecule has 0 aromatic carbocycles. The second kappa shape index (κ2) is 4.37. The molecule has 0 aliphatic heterocycles. The molecule has 0 radical (unpaired) electrons. The molecule has 0 aromatic heterocycles. The van der Waals surface area contributed by atoms with Crippen molar-refractivity contribution in [1.82, 2.24) is 0 Å². The van der Waals surface area contributed by atoms with Gasteiger partial charge in [0.05, 0.1) is 5.41 Å². The van der Waals surface area contributed by atoms with Crippen LogP contribution in [-0.4, -0.2) is 11.8 Å². The minimum Gasteiger partial charge on any atom is -0.369 e. The van der Waals surface area contributed by atoms with E-state index in [-0.39, 0.29) is 5.41 Å². The molecule has 2 bridgehead atoms. The summed E-state index contributed by atoms with van der Waals surface area (Å²) in [6.45, 7) is 7.52. The zero-order chi connectivity index (χ0) is 14.3. The molecule has 2 amide bonds. The van der Waals surface area contributed by atoms with Crippen LogP contribution in [0.15, 0.2) is 36.5 Å². The van der Waals surface area contributed by atoms with Crippen molar-refractivity contribution in [3.63, 3.8) is 0 Å². The predicted molar refractivity (Wildman–Crippen MR) is 73.8 cm³/mol. The molecule has 0 aromatic rings. The Morgan fingerprint density at radius 1 is 1.21 bits per heavy atom. The average molecular weight is 260 g/mol. The lowest BCUT2D eigenvalue weighted by Crippen LogP contribution is -2.40. The molecule has 2 atom stereocenters. The monoisotopic (exact) mass is 260 g/mol. The van der Waals surface area contributed by atoms with Gasteiger partial charge in [-0.25, -0.2) is 0 Å². The van der Waals surface area contributed by atoms with Crippen LogP contribution < -0.4 is 11.5 Å². The smallest absolute Gasteiger partial charge is 0.245 e. The maximum absolute atomic E-state index is 11.9. The van der Waals surface area contributed by atoms with E-state index in [0.717, 1.165) is 18.4 Å². The number of nitrogens with two attached hydrogens (primary N) is 2. The summed E-state index contributed by atoms with van der Waals surface area (Å²) >= 11 is 0. The van der Waals surface area contributed by atoms with E-state index in [2.05, 4.69) is 13.2 Å². The largest absolute Gasteiger partial charge is 0.369 e. The van der Waals surface area contributed by atoms with E-state index < -0.39 is 17.2 Å². The van der Waals surface area contributed by atoms with Crippen LogP contribution in [0, 0.1) is 10.8 Å². The van der Waals surface area contributed by atoms with Crippen LogP contribution >= 0.6 is 0 Å². The highest BCUT2D eigenvalue weighted by Gasteiger charge is 2.62. The van der Waals surface area contributed by atoms with Crippen molar-refractivity contribution in [3.8, 4) is 0 Å². The van der Waals surface area contributed by atoms with E-state index >= 15 is 0 Å². The fourth-order valence-electron chi connectivity index (χ4n) is 3.99. The Morgan fingerprint density at radius 3 is 2.37 bits per heavy atom. The van der Waals surface area contributed by atoms with Crippen molar-refractivity contribution >= 4 is 11.8 Å². The molecule has 0 saturated heterocycles. The third kappa shape index (κ3) is 1.66. The van der Waals surface area contributed by atoms with Crippen LogP contribution in [0.2, 0.25) is 0 Å². The third-order valence-corrected chi connectivity index (χ3v) is 4.69. The predicted octanol–water partition coefficient (Wildman–Crippen LogP) is 1.58. The van der Waals surface area contributed by atoms with Crippen LogP contribution in [-0.2, 0) is 9.59 Å². The Morgan fingerprint density at radius 2 is 1.89 bits per heavy atom. The van der Waals surface area contributed by atoms with Crippen molar-refractivity contribution in [2.24, 2.45) is 22.3 Å². The highest BCUT2D eigenvalue weighted by Crippen LogP contribution is 2.66. The van der Waals surface area contributed by atoms with E-state index in [1.54, 1.807) is 6.08 Å². The molecule has 4 N–H and O–H groups in total. The van der Waals surface area contributed by atoms with Crippen LogP contribution in [0.25, 0.3) is 0 Å². The van der Waals surface area contributed by atoms with Crippen molar-refractivity contribution in [2.45, 2.75) is 32.1 Å². The van der Waals surface area contributed by atoms with Gasteiger partial charge in [-0.3, -0.25) is 9.59 Å². The number of rotatable bonds is 6. The molecule has 0 heterocycles. The van der Waals surface area contributed by atoms with E-state index in [1.165, 1.54) is 0 Å². The first-order chi connectivity index (χ1) is 8.93. The van der Waals surface area contributed by atoms with Gasteiger partial charge < -0.3 is 11.5 Å². The molecule has 102 valence electrons. The summed E-state index contributed by atoms with van der Waals surface area (Å²) in [5.74, 6) is -0.965. The van der Waals surface area contributed by atoms with Gasteiger partial charge in [-0.2, -0.15) is 0 Å². The summed E-state index contributed by atoms with van der Waals surface area (Å²) in [4.78, 5) is 23.8. The van der Waals surface area contributed by atoms with E-state index in [4.69, 9.17) is 11.5 Å². The van der Waals surface area contributed by atoms with Gasteiger partial charge in [0, 0.05) is 5.57 Å². The Kier molecular flexibility index (Phi) is 3.12. The van der Waals surface area contributed by atoms with Gasteiger partial charge >= 0.3 is 0 Å². The number of amides is 2. The van der Waals surface area contributed by atoms with Crippen LogP contribution in [0.4, 0.5) is 0 Å². The Bertz CT molecular complexity index is 506. The lowest BCUT2D eigenvalue weighted by molar-refractivity contribution is -0.128. The number of hydrogen-bond acceptors (Lipinski definition) is 2. The van der Waals surface area contributed by atoms with Crippen LogP contribution in [0.3, 0.4) is 0 Å². The number of primary amides is 2. The number of hydrogen-bond donors (Lipinski definition) is 2. The van der Waals surface area contributed by atoms with Crippen molar-refractivity contribution in [3.05, 3.63) is 36.5 Å². The second-order valence-electron chi connectivity index (χ2n) is 5.61. The van der Waals surface area contributed by atoms with Gasteiger partial charge in [0.2, 0.25) is 11.8 Å². The Labute approximate surface area is 113 Å². The Hall–Kier alpha value is -1.84. The minimum absolute atomic E-state index is 0.185. The fraction of sp³-hybridized carbons (Fsp3) is 0.467. The van der Waals surface area contributed by atoms with Crippen molar-refractivity contribution in [2.75, 3.05) is 0 Å². The average Bonchev–Trinajstić information content (AvgIpc) is 2.82. The molecule has 2 aliphatic carbocycles. The van der Waals surface area contributed by atoms with Crippen LogP contribution in [0.5, 0.6) is 0 Å². The Balaban J connectivity index is 2.64. The molecule has 4 heteroatoms. The molecule has 1 saturated carbocycles. The van der Waals surface area contributed by atoms with Crippen LogP contribution in [0.1, 0.15) is 32.1 Å². The summed E-state index contributed by atoms with van der Waals surface area (Å²) in [5, 5.41) is 0. The van der Waals surface area contributed by atoms with Crippen molar-refractivity contribution in [1.29, 1.82) is 0 Å². The SMILES string of the molecule is C=CCC1=C(C(N)=O)C2(C(N)=O)CCC1(CC=C)C2. The van der Waals surface area contributed by atoms with Crippen molar-refractivity contribution < 1.29 is 9.59 Å². The standard InChI is InChI=1S/C15H20N2O2/c1-3-5-10-11(12(16)18)15(13(17)19)8-7-14(10,9-15)6-4-2/h3-4H,1-2,5-9H2,(H2,16,18)(H2,17,19). The second-order valence-corrected chi connectivity index (χ2v) is 5.61. The molecule has 2 rings (SSSR count). The van der Waals surface area contributed by atoms with Gasteiger partial charge in [-0.1, -0.05) is 17.7 Å². The first-order valence-electron chi connectivity index (χ1n) is 6.49. The molecule has 2 aliphatic rings.